The summed E-state index contributed by atoms with van der Waals surface area (Å²) in [5.74, 6) is 0.212. The highest BCUT2D eigenvalue weighted by Crippen LogP contribution is 2.16. The number of ether oxygens (including phenoxy) is 2. The summed E-state index contributed by atoms with van der Waals surface area (Å²) in [7, 11) is 1.42. The van der Waals surface area contributed by atoms with E-state index in [-0.39, 0.29) is 12.5 Å². The minimum Gasteiger partial charge on any atom is -0.480 e. The Morgan fingerprint density at radius 2 is 2.22 bits per heavy atom. The van der Waals surface area contributed by atoms with Gasteiger partial charge in [-0.1, -0.05) is 24.3 Å². The second kappa shape index (κ2) is 9.76. The number of carbonyl (C=O) groups is 1. The topological polar surface area (TPSA) is 71.4 Å². The van der Waals surface area contributed by atoms with E-state index in [0.29, 0.717) is 24.5 Å². The molecule has 0 radical (unpaired) electrons. The van der Waals surface area contributed by atoms with Crippen LogP contribution < -0.4 is 0 Å². The maximum atomic E-state index is 11.8. The van der Waals surface area contributed by atoms with Crippen molar-refractivity contribution in [1.29, 1.82) is 0 Å². The Kier molecular flexibility index (Phi) is 8.01. The summed E-state index contributed by atoms with van der Waals surface area (Å²) < 4.78 is 10.3. The molecule has 1 rings (SSSR count). The van der Waals surface area contributed by atoms with Crippen molar-refractivity contribution in [2.75, 3.05) is 13.7 Å². The van der Waals surface area contributed by atoms with Crippen LogP contribution in [0.3, 0.4) is 0 Å². The Hall–Kier alpha value is -2.18. The van der Waals surface area contributed by atoms with Gasteiger partial charge < -0.3 is 14.6 Å². The van der Waals surface area contributed by atoms with Crippen molar-refractivity contribution in [3.63, 3.8) is 0 Å². The minimum absolute atomic E-state index is 0.200. The van der Waals surface area contributed by atoms with Crippen molar-refractivity contribution < 1.29 is 19.4 Å². The maximum Gasteiger partial charge on any atom is 0.239 e. The zero-order chi connectivity index (χ0) is 17.2. The fourth-order valence-corrected chi connectivity index (χ4v) is 1.86. The molecule has 0 saturated carbocycles. The van der Waals surface area contributed by atoms with Crippen LogP contribution in [0, 0.1) is 0 Å². The van der Waals surface area contributed by atoms with Crippen LogP contribution in [0.4, 0.5) is 0 Å². The Morgan fingerprint density at radius 3 is 2.83 bits per heavy atom. The van der Waals surface area contributed by atoms with Gasteiger partial charge in [-0.15, -0.1) is 11.7 Å². The normalized spacial score (nSPS) is 12.6. The Morgan fingerprint density at radius 1 is 1.48 bits per heavy atom. The predicted molar refractivity (Wildman–Crippen MR) is 88.5 cm³/mol. The van der Waals surface area contributed by atoms with Gasteiger partial charge in [0, 0.05) is 26.5 Å². The van der Waals surface area contributed by atoms with Gasteiger partial charge in [-0.3, -0.25) is 4.79 Å². The Balaban J connectivity index is 2.82. The highest BCUT2D eigenvalue weighted by Gasteiger charge is 2.12. The molecule has 0 aliphatic rings. The van der Waals surface area contributed by atoms with E-state index in [2.05, 4.69) is 11.7 Å². The number of aliphatic hydroxyl groups is 1. The maximum absolute atomic E-state index is 11.8. The van der Waals surface area contributed by atoms with E-state index in [4.69, 9.17) is 9.47 Å². The molecule has 126 valence electrons. The molecule has 1 unspecified atom stereocenters. The number of methoxy groups -OCH3 is 1. The molecule has 0 aliphatic carbocycles. The van der Waals surface area contributed by atoms with E-state index >= 15 is 0 Å². The first-order chi connectivity index (χ1) is 11.0. The zero-order valence-corrected chi connectivity index (χ0v) is 13.9. The first kappa shape index (κ1) is 18.9. The lowest BCUT2D eigenvalue weighted by atomic mass is 10.1. The zero-order valence-electron chi connectivity index (χ0n) is 13.9. The summed E-state index contributed by atoms with van der Waals surface area (Å²) in [6, 6.07) is 7.17. The minimum atomic E-state index is -0.992. The SMILES string of the molecule is C=CCCOC(C)=NN(Cc1cccc(C(O)OC)c1)C(C)=O. The smallest absolute Gasteiger partial charge is 0.239 e. The number of hydrazone groups is 1. The Bertz CT molecular complexity index is 557. The molecule has 1 aromatic carbocycles. The highest BCUT2D eigenvalue weighted by atomic mass is 16.6. The number of carbonyl (C=O) groups excluding carboxylic acids is 1. The fraction of sp³-hybridized carbons (Fsp3) is 0.412. The van der Waals surface area contributed by atoms with Gasteiger partial charge in [-0.05, 0) is 18.1 Å². The largest absolute Gasteiger partial charge is 0.480 e. The van der Waals surface area contributed by atoms with Gasteiger partial charge >= 0.3 is 0 Å². The molecule has 1 N–H and O–H groups in total. The van der Waals surface area contributed by atoms with Crippen molar-refractivity contribution >= 4 is 11.8 Å². The summed E-state index contributed by atoms with van der Waals surface area (Å²) in [6.45, 7) is 7.51. The van der Waals surface area contributed by atoms with Crippen LogP contribution in [0.1, 0.15) is 37.7 Å². The first-order valence-electron chi connectivity index (χ1n) is 7.34. The molecular formula is C17H24N2O4. The highest BCUT2D eigenvalue weighted by molar-refractivity contribution is 5.78. The second-order valence-electron chi connectivity index (χ2n) is 4.95. The number of aliphatic hydroxyl groups excluding tert-OH is 1. The Labute approximate surface area is 137 Å². The van der Waals surface area contributed by atoms with Gasteiger partial charge in [-0.2, -0.15) is 0 Å². The molecule has 0 fully saturated rings. The molecule has 0 bridgehead atoms. The van der Waals surface area contributed by atoms with E-state index in [1.165, 1.54) is 19.0 Å². The standard InChI is InChI=1S/C17H24N2O4/c1-5-6-10-23-13(2)18-19(14(3)20)12-15-8-7-9-16(11-15)17(21)22-4/h5,7-9,11,17,21H,1,6,10,12H2,2-4H3. The third-order valence-corrected chi connectivity index (χ3v) is 3.05. The van der Waals surface area contributed by atoms with Crippen molar-refractivity contribution in [2.45, 2.75) is 33.1 Å². The van der Waals surface area contributed by atoms with Crippen LogP contribution in [0.2, 0.25) is 0 Å². The third kappa shape index (κ3) is 6.63. The molecule has 0 aliphatic heterocycles. The van der Waals surface area contributed by atoms with Gasteiger partial charge in [-0.25, -0.2) is 5.01 Å². The molecule has 6 nitrogen and oxygen atoms in total. The molecule has 0 spiro atoms. The third-order valence-electron chi connectivity index (χ3n) is 3.05. The number of amides is 1. The molecule has 1 atom stereocenters. The van der Waals surface area contributed by atoms with E-state index in [1.54, 1.807) is 31.2 Å². The summed E-state index contributed by atoms with van der Waals surface area (Å²) in [5.41, 5.74) is 1.45. The van der Waals surface area contributed by atoms with Crippen molar-refractivity contribution in [3.8, 4) is 0 Å². The lowest BCUT2D eigenvalue weighted by molar-refractivity contribution is -0.129. The van der Waals surface area contributed by atoms with Gasteiger partial charge in [0.05, 0.1) is 13.2 Å². The fourth-order valence-electron chi connectivity index (χ4n) is 1.86. The first-order valence-corrected chi connectivity index (χ1v) is 7.34. The molecule has 6 heteroatoms. The summed E-state index contributed by atoms with van der Waals surface area (Å²) in [4.78, 5) is 11.8. The molecule has 23 heavy (non-hydrogen) atoms. The van der Waals surface area contributed by atoms with E-state index in [1.807, 2.05) is 6.07 Å². The average Bonchev–Trinajstić information content (AvgIpc) is 2.54. The van der Waals surface area contributed by atoms with Crippen LogP contribution in [-0.2, 0) is 20.8 Å². The molecule has 0 saturated heterocycles. The molecular weight excluding hydrogens is 296 g/mol. The van der Waals surface area contributed by atoms with Crippen molar-refractivity contribution in [3.05, 3.63) is 48.0 Å². The van der Waals surface area contributed by atoms with Crippen molar-refractivity contribution in [2.24, 2.45) is 5.10 Å². The van der Waals surface area contributed by atoms with E-state index in [9.17, 15) is 9.90 Å². The summed E-state index contributed by atoms with van der Waals surface area (Å²) in [6.07, 6.45) is 1.47. The van der Waals surface area contributed by atoms with Crippen LogP contribution in [0.25, 0.3) is 0 Å². The lowest BCUT2D eigenvalue weighted by Crippen LogP contribution is -2.24. The van der Waals surface area contributed by atoms with Crippen LogP contribution in [-0.4, -0.2) is 35.6 Å². The van der Waals surface area contributed by atoms with E-state index < -0.39 is 6.29 Å². The van der Waals surface area contributed by atoms with Crippen LogP contribution >= 0.6 is 0 Å². The number of rotatable bonds is 8. The van der Waals surface area contributed by atoms with Gasteiger partial charge in [0.1, 0.15) is 0 Å². The molecule has 1 aromatic rings. The molecule has 1 amide bonds. The lowest BCUT2D eigenvalue weighted by Gasteiger charge is -2.17. The number of hydrogen-bond donors (Lipinski definition) is 1. The van der Waals surface area contributed by atoms with Crippen molar-refractivity contribution in [1.82, 2.24) is 5.01 Å². The molecule has 0 heterocycles. The quantitative estimate of drug-likeness (QED) is 0.200. The van der Waals surface area contributed by atoms with Crippen LogP contribution in [0.15, 0.2) is 42.0 Å². The van der Waals surface area contributed by atoms with Gasteiger partial charge in [0.15, 0.2) is 6.29 Å². The second-order valence-corrected chi connectivity index (χ2v) is 4.95. The van der Waals surface area contributed by atoms with Gasteiger partial charge in [0.2, 0.25) is 11.8 Å². The molecule has 0 aromatic heterocycles. The summed E-state index contributed by atoms with van der Waals surface area (Å²) >= 11 is 0. The van der Waals surface area contributed by atoms with Gasteiger partial charge in [0.25, 0.3) is 0 Å². The number of benzene rings is 1. The monoisotopic (exact) mass is 320 g/mol. The number of hydrogen-bond acceptors (Lipinski definition) is 5. The average molecular weight is 320 g/mol. The number of nitrogens with zero attached hydrogens (tertiary/aromatic N) is 2. The van der Waals surface area contributed by atoms with E-state index in [0.717, 1.165) is 5.56 Å². The predicted octanol–water partition coefficient (Wildman–Crippen LogP) is 2.60. The summed E-state index contributed by atoms with van der Waals surface area (Å²) in [5, 5.41) is 15.2. The van der Waals surface area contributed by atoms with Crippen LogP contribution in [0.5, 0.6) is 0 Å².